The zero-order chi connectivity index (χ0) is 15.5. The largest absolute Gasteiger partial charge is 0.338 e. The molecule has 1 saturated heterocycles. The molecule has 3 rings (SSSR count). The number of carbonyl (C=O) groups excluding carboxylic acids is 1. The van der Waals surface area contributed by atoms with E-state index in [1.54, 1.807) is 0 Å². The molecule has 2 aromatic rings. The Morgan fingerprint density at radius 3 is 2.41 bits per heavy atom. The summed E-state index contributed by atoms with van der Waals surface area (Å²) in [6.07, 6.45) is 0. The quantitative estimate of drug-likeness (QED) is 0.947. The summed E-state index contributed by atoms with van der Waals surface area (Å²) in [5.74, 6) is 0.124. The number of rotatable bonds is 3. The van der Waals surface area contributed by atoms with Crippen LogP contribution in [0.1, 0.15) is 21.8 Å². The first kappa shape index (κ1) is 14.7. The Morgan fingerprint density at radius 1 is 1.09 bits per heavy atom. The van der Waals surface area contributed by atoms with E-state index in [2.05, 4.69) is 12.1 Å². The molecule has 0 radical (unpaired) electrons. The number of carbonyl (C=O) groups is 1. The molecule has 22 heavy (non-hydrogen) atoms. The van der Waals surface area contributed by atoms with Gasteiger partial charge in [0.1, 0.15) is 5.82 Å². The molecular formula is C18H19FN2O. The third-order valence-electron chi connectivity index (χ3n) is 4.35. The van der Waals surface area contributed by atoms with Crippen molar-refractivity contribution >= 4 is 5.91 Å². The van der Waals surface area contributed by atoms with Crippen LogP contribution in [0.5, 0.6) is 0 Å². The third-order valence-corrected chi connectivity index (χ3v) is 4.35. The number of benzene rings is 2. The van der Waals surface area contributed by atoms with Crippen LogP contribution in [0.2, 0.25) is 0 Å². The molecule has 3 nitrogen and oxygen atoms in total. The summed E-state index contributed by atoms with van der Waals surface area (Å²) in [7, 11) is 0. The highest BCUT2D eigenvalue weighted by atomic mass is 19.1. The Hall–Kier alpha value is -2.20. The number of nitrogens with zero attached hydrogens (tertiary/aromatic N) is 1. The minimum absolute atomic E-state index is 0.0584. The van der Waals surface area contributed by atoms with Gasteiger partial charge >= 0.3 is 0 Å². The Balaban J connectivity index is 1.79. The molecule has 4 heteroatoms. The van der Waals surface area contributed by atoms with Crippen LogP contribution < -0.4 is 5.73 Å². The van der Waals surface area contributed by atoms with Gasteiger partial charge in [0.05, 0.1) is 0 Å². The van der Waals surface area contributed by atoms with Crippen molar-refractivity contribution in [2.24, 2.45) is 11.7 Å². The normalized spacial score (nSPS) is 21.1. The minimum atomic E-state index is -0.333. The van der Waals surface area contributed by atoms with Gasteiger partial charge in [-0.1, -0.05) is 30.3 Å². The zero-order valence-electron chi connectivity index (χ0n) is 12.3. The number of likely N-dealkylation sites (tertiary alicyclic amines) is 1. The smallest absolute Gasteiger partial charge is 0.253 e. The van der Waals surface area contributed by atoms with Crippen molar-refractivity contribution in [1.82, 2.24) is 4.90 Å². The van der Waals surface area contributed by atoms with Crippen molar-refractivity contribution in [3.8, 4) is 0 Å². The highest BCUT2D eigenvalue weighted by molar-refractivity contribution is 5.94. The second-order valence-electron chi connectivity index (χ2n) is 5.73. The second-order valence-corrected chi connectivity index (χ2v) is 5.73. The maximum absolute atomic E-state index is 13.0. The molecule has 1 heterocycles. The fourth-order valence-corrected chi connectivity index (χ4v) is 3.13. The first-order valence-corrected chi connectivity index (χ1v) is 7.49. The molecule has 0 saturated carbocycles. The lowest BCUT2D eigenvalue weighted by atomic mass is 9.89. The number of hydrogen-bond donors (Lipinski definition) is 1. The lowest BCUT2D eigenvalue weighted by Gasteiger charge is -2.17. The fraction of sp³-hybridized carbons (Fsp3) is 0.278. The molecule has 2 aromatic carbocycles. The predicted octanol–water partition coefficient (Wildman–Crippen LogP) is 2.64. The van der Waals surface area contributed by atoms with Gasteiger partial charge in [0.15, 0.2) is 0 Å². The van der Waals surface area contributed by atoms with Crippen molar-refractivity contribution in [3.63, 3.8) is 0 Å². The predicted molar refractivity (Wildman–Crippen MR) is 84.0 cm³/mol. The molecule has 114 valence electrons. The number of hydrogen-bond acceptors (Lipinski definition) is 2. The van der Waals surface area contributed by atoms with E-state index in [1.165, 1.54) is 29.8 Å². The van der Waals surface area contributed by atoms with E-state index in [-0.39, 0.29) is 23.6 Å². The summed E-state index contributed by atoms with van der Waals surface area (Å²) in [6.45, 7) is 1.85. The lowest BCUT2D eigenvalue weighted by molar-refractivity contribution is 0.0786. The molecule has 0 aliphatic carbocycles. The molecule has 2 atom stereocenters. The lowest BCUT2D eigenvalue weighted by Crippen LogP contribution is -2.29. The first-order valence-electron chi connectivity index (χ1n) is 7.49. The molecule has 1 aliphatic heterocycles. The van der Waals surface area contributed by atoms with Crippen LogP contribution in [0.3, 0.4) is 0 Å². The second kappa shape index (κ2) is 6.28. The molecule has 0 unspecified atom stereocenters. The van der Waals surface area contributed by atoms with Gasteiger partial charge in [0, 0.05) is 24.6 Å². The highest BCUT2D eigenvalue weighted by Gasteiger charge is 2.35. The molecule has 2 N–H and O–H groups in total. The van der Waals surface area contributed by atoms with E-state index in [9.17, 15) is 9.18 Å². The van der Waals surface area contributed by atoms with Gasteiger partial charge in [-0.3, -0.25) is 4.79 Å². The van der Waals surface area contributed by atoms with Gasteiger partial charge < -0.3 is 10.6 Å². The minimum Gasteiger partial charge on any atom is -0.338 e. The average molecular weight is 298 g/mol. The number of amides is 1. The fourth-order valence-electron chi connectivity index (χ4n) is 3.13. The van der Waals surface area contributed by atoms with Crippen LogP contribution in [0, 0.1) is 11.7 Å². The summed E-state index contributed by atoms with van der Waals surface area (Å²) in [5.41, 5.74) is 7.63. The van der Waals surface area contributed by atoms with Crippen molar-refractivity contribution < 1.29 is 9.18 Å². The molecule has 1 aliphatic rings. The topological polar surface area (TPSA) is 46.3 Å². The van der Waals surface area contributed by atoms with E-state index in [4.69, 9.17) is 5.73 Å². The molecule has 1 amide bonds. The summed E-state index contributed by atoms with van der Waals surface area (Å²) in [5, 5.41) is 0. The van der Waals surface area contributed by atoms with Crippen molar-refractivity contribution in [1.29, 1.82) is 0 Å². The monoisotopic (exact) mass is 298 g/mol. The van der Waals surface area contributed by atoms with Crippen LogP contribution in [-0.2, 0) is 0 Å². The van der Waals surface area contributed by atoms with Crippen molar-refractivity contribution in [3.05, 3.63) is 71.5 Å². The van der Waals surface area contributed by atoms with E-state index >= 15 is 0 Å². The van der Waals surface area contributed by atoms with E-state index in [1.807, 2.05) is 23.1 Å². The Bertz CT molecular complexity index is 642. The Morgan fingerprint density at radius 2 is 1.77 bits per heavy atom. The third kappa shape index (κ3) is 2.88. The summed E-state index contributed by atoms with van der Waals surface area (Å²) >= 11 is 0. The van der Waals surface area contributed by atoms with E-state index in [0.717, 1.165) is 0 Å². The van der Waals surface area contributed by atoms with Crippen molar-refractivity contribution in [2.75, 3.05) is 19.6 Å². The molecular weight excluding hydrogens is 279 g/mol. The summed E-state index contributed by atoms with van der Waals surface area (Å²) in [6, 6.07) is 15.9. The average Bonchev–Trinajstić information content (AvgIpc) is 3.00. The van der Waals surface area contributed by atoms with Gasteiger partial charge in [-0.2, -0.15) is 0 Å². The van der Waals surface area contributed by atoms with Gasteiger partial charge in [-0.25, -0.2) is 4.39 Å². The molecule has 1 fully saturated rings. The number of halogens is 1. The highest BCUT2D eigenvalue weighted by Crippen LogP contribution is 2.32. The van der Waals surface area contributed by atoms with Crippen molar-refractivity contribution in [2.45, 2.75) is 5.92 Å². The van der Waals surface area contributed by atoms with Crippen LogP contribution in [0.15, 0.2) is 54.6 Å². The zero-order valence-corrected chi connectivity index (χ0v) is 12.3. The van der Waals surface area contributed by atoms with Gasteiger partial charge in [0.25, 0.3) is 5.91 Å². The maximum Gasteiger partial charge on any atom is 0.253 e. The Kier molecular flexibility index (Phi) is 4.20. The maximum atomic E-state index is 13.0. The van der Waals surface area contributed by atoms with Gasteiger partial charge in [0.2, 0.25) is 0 Å². The number of nitrogens with two attached hydrogens (primary N) is 1. The van der Waals surface area contributed by atoms with E-state index < -0.39 is 0 Å². The summed E-state index contributed by atoms with van der Waals surface area (Å²) in [4.78, 5) is 14.4. The summed E-state index contributed by atoms with van der Waals surface area (Å²) < 4.78 is 13.0. The molecule has 0 aromatic heterocycles. The van der Waals surface area contributed by atoms with Gasteiger partial charge in [-0.15, -0.1) is 0 Å². The van der Waals surface area contributed by atoms with Crippen LogP contribution in [-0.4, -0.2) is 30.4 Å². The molecule has 0 spiro atoms. The van der Waals surface area contributed by atoms with Crippen LogP contribution >= 0.6 is 0 Å². The van der Waals surface area contributed by atoms with Gasteiger partial charge in [-0.05, 0) is 42.3 Å². The first-order chi connectivity index (χ1) is 10.7. The standard InChI is InChI=1S/C18H19FN2O/c19-16-8-6-14(7-9-16)18(22)21-11-15(10-20)17(12-21)13-4-2-1-3-5-13/h1-9,15,17H,10-12,20H2/t15-,17+/m1/s1. The Labute approximate surface area is 129 Å². The SMILES string of the molecule is NC[C@@H]1CN(C(=O)c2ccc(F)cc2)C[C@H]1c1ccccc1. The molecule has 0 bridgehead atoms. The van der Waals surface area contributed by atoms with Crippen LogP contribution in [0.4, 0.5) is 4.39 Å². The van der Waals surface area contributed by atoms with Crippen LogP contribution in [0.25, 0.3) is 0 Å². The van der Waals surface area contributed by atoms with E-state index in [0.29, 0.717) is 25.2 Å².